The molecule has 0 aliphatic heterocycles. The van der Waals surface area contributed by atoms with Crippen molar-refractivity contribution in [1.82, 2.24) is 5.32 Å². The third-order valence-corrected chi connectivity index (χ3v) is 2.66. The number of benzene rings is 1. The lowest BCUT2D eigenvalue weighted by Crippen LogP contribution is -2.19. The predicted octanol–water partition coefficient (Wildman–Crippen LogP) is 1.11. The number of aryl methyl sites for hydroxylation is 1. The monoisotopic (exact) mass is 283 g/mol. The first kappa shape index (κ1) is 15.5. The van der Waals surface area contributed by atoms with Crippen LogP contribution in [0.15, 0.2) is 18.2 Å². The molecule has 5 nitrogen and oxygen atoms in total. The fourth-order valence-electron chi connectivity index (χ4n) is 1.98. The lowest BCUT2D eigenvalue weighted by atomic mass is 10.1. The Bertz CT molecular complexity index is 567. The maximum absolute atomic E-state index is 9.37. The van der Waals surface area contributed by atoms with Gasteiger partial charge in [0.2, 0.25) is 0 Å². The quantitative estimate of drug-likeness (QED) is 0.559. The van der Waals surface area contributed by atoms with Crippen LogP contribution in [0, 0.1) is 12.3 Å². The Hall–Kier alpha value is -1.55. The maximum Gasteiger partial charge on any atom is 0.261 e. The zero-order valence-electron chi connectivity index (χ0n) is 10.6. The van der Waals surface area contributed by atoms with Crippen molar-refractivity contribution in [3.05, 3.63) is 29.3 Å². The van der Waals surface area contributed by atoms with Crippen molar-refractivity contribution < 1.29 is 18.1 Å². The summed E-state index contributed by atoms with van der Waals surface area (Å²) in [7, 11) is -3.67. The number of rotatable bonds is 2. The van der Waals surface area contributed by atoms with E-state index in [1.807, 2.05) is 12.1 Å². The van der Waals surface area contributed by atoms with Crippen LogP contribution in [-0.2, 0) is 16.5 Å². The molecule has 0 heterocycles. The van der Waals surface area contributed by atoms with Crippen LogP contribution < -0.4 is 5.32 Å². The summed E-state index contributed by atoms with van der Waals surface area (Å²) in [5.74, 6) is 2.90. The molecule has 1 atom stereocenters. The molecule has 104 valence electrons. The summed E-state index contributed by atoms with van der Waals surface area (Å²) in [4.78, 5) is 0. The van der Waals surface area contributed by atoms with E-state index in [1.54, 1.807) is 6.07 Å². The molecule has 0 spiro atoms. The number of fused-ring (bicyclic) bond motifs is 1. The van der Waals surface area contributed by atoms with Gasteiger partial charge in [-0.25, -0.2) is 0 Å². The van der Waals surface area contributed by atoms with Crippen molar-refractivity contribution in [2.45, 2.75) is 18.9 Å². The molecule has 1 aliphatic rings. The SMILES string of the molecule is C#CCN[C@@H]1CCc2ccc(O)cc21.CS(=O)(=O)O. The van der Waals surface area contributed by atoms with E-state index < -0.39 is 10.1 Å². The highest BCUT2D eigenvalue weighted by Crippen LogP contribution is 2.33. The van der Waals surface area contributed by atoms with Gasteiger partial charge >= 0.3 is 0 Å². The van der Waals surface area contributed by atoms with Gasteiger partial charge in [0.05, 0.1) is 12.8 Å². The van der Waals surface area contributed by atoms with Crippen molar-refractivity contribution in [2.24, 2.45) is 0 Å². The van der Waals surface area contributed by atoms with E-state index in [-0.39, 0.29) is 0 Å². The minimum Gasteiger partial charge on any atom is -0.508 e. The normalized spacial score (nSPS) is 17.0. The van der Waals surface area contributed by atoms with Crippen molar-refractivity contribution in [1.29, 1.82) is 0 Å². The van der Waals surface area contributed by atoms with E-state index in [1.165, 1.54) is 11.1 Å². The van der Waals surface area contributed by atoms with Crippen LogP contribution in [0.1, 0.15) is 23.6 Å². The number of terminal acetylenes is 1. The molecule has 19 heavy (non-hydrogen) atoms. The molecule has 0 aromatic heterocycles. The molecule has 3 N–H and O–H groups in total. The molecule has 0 saturated carbocycles. The summed E-state index contributed by atoms with van der Waals surface area (Å²) in [6.45, 7) is 0.583. The van der Waals surface area contributed by atoms with E-state index >= 15 is 0 Å². The summed E-state index contributed by atoms with van der Waals surface area (Å²) in [6.07, 6.45) is 8.05. The zero-order valence-corrected chi connectivity index (χ0v) is 11.4. The Morgan fingerprint density at radius 1 is 1.53 bits per heavy atom. The third kappa shape index (κ3) is 5.75. The molecular weight excluding hydrogens is 266 g/mol. The van der Waals surface area contributed by atoms with Gasteiger partial charge < -0.3 is 5.11 Å². The predicted molar refractivity (Wildman–Crippen MR) is 73.5 cm³/mol. The van der Waals surface area contributed by atoms with Crippen LogP contribution >= 0.6 is 0 Å². The van der Waals surface area contributed by atoms with Crippen LogP contribution in [0.5, 0.6) is 5.75 Å². The largest absolute Gasteiger partial charge is 0.508 e. The van der Waals surface area contributed by atoms with Crippen molar-refractivity contribution in [3.8, 4) is 18.1 Å². The van der Waals surface area contributed by atoms with Crippen molar-refractivity contribution in [2.75, 3.05) is 12.8 Å². The second-order valence-electron chi connectivity index (χ2n) is 4.29. The molecule has 1 aromatic carbocycles. The molecule has 2 rings (SSSR count). The summed E-state index contributed by atoms with van der Waals surface area (Å²) < 4.78 is 25.9. The average molecular weight is 283 g/mol. The Morgan fingerprint density at radius 2 is 2.16 bits per heavy atom. The lowest BCUT2D eigenvalue weighted by Gasteiger charge is -2.11. The van der Waals surface area contributed by atoms with Gasteiger partial charge in [0.1, 0.15) is 5.75 Å². The minimum atomic E-state index is -3.67. The molecule has 6 heteroatoms. The highest BCUT2D eigenvalue weighted by Gasteiger charge is 2.21. The fourth-order valence-corrected chi connectivity index (χ4v) is 1.98. The van der Waals surface area contributed by atoms with Gasteiger partial charge in [-0.2, -0.15) is 8.42 Å². The number of phenols is 1. The van der Waals surface area contributed by atoms with Gasteiger partial charge in [-0.15, -0.1) is 6.42 Å². The fraction of sp³-hybridized carbons (Fsp3) is 0.385. The molecule has 0 unspecified atom stereocenters. The molecule has 0 amide bonds. The van der Waals surface area contributed by atoms with Crippen molar-refractivity contribution in [3.63, 3.8) is 0 Å². The van der Waals surface area contributed by atoms with Gasteiger partial charge in [0, 0.05) is 6.04 Å². The van der Waals surface area contributed by atoms with Crippen LogP contribution in [0.3, 0.4) is 0 Å². The number of hydrogen-bond donors (Lipinski definition) is 3. The number of nitrogens with one attached hydrogen (secondary N) is 1. The topological polar surface area (TPSA) is 86.6 Å². The van der Waals surface area contributed by atoms with Crippen LogP contribution in [0.4, 0.5) is 0 Å². The lowest BCUT2D eigenvalue weighted by molar-refractivity contribution is 0.472. The Balaban J connectivity index is 0.000000312. The van der Waals surface area contributed by atoms with E-state index in [0.29, 0.717) is 24.6 Å². The molecule has 0 radical (unpaired) electrons. The van der Waals surface area contributed by atoms with Gasteiger partial charge in [-0.3, -0.25) is 9.87 Å². The first-order valence-electron chi connectivity index (χ1n) is 5.72. The number of hydrogen-bond acceptors (Lipinski definition) is 4. The second-order valence-corrected chi connectivity index (χ2v) is 5.76. The number of aromatic hydroxyl groups is 1. The summed E-state index contributed by atoms with van der Waals surface area (Å²) >= 11 is 0. The van der Waals surface area contributed by atoms with E-state index in [4.69, 9.17) is 11.0 Å². The van der Waals surface area contributed by atoms with Gasteiger partial charge in [0.15, 0.2) is 0 Å². The molecule has 1 aromatic rings. The number of phenolic OH excluding ortho intramolecular Hbond substituents is 1. The van der Waals surface area contributed by atoms with Gasteiger partial charge in [-0.05, 0) is 36.1 Å². The third-order valence-electron chi connectivity index (χ3n) is 2.66. The molecular formula is C13H17NO4S. The van der Waals surface area contributed by atoms with E-state index in [0.717, 1.165) is 12.8 Å². The summed E-state index contributed by atoms with van der Waals surface area (Å²) in [5, 5.41) is 12.6. The van der Waals surface area contributed by atoms with E-state index in [9.17, 15) is 13.5 Å². The smallest absolute Gasteiger partial charge is 0.261 e. The second kappa shape index (κ2) is 6.57. The average Bonchev–Trinajstić information content (AvgIpc) is 2.66. The van der Waals surface area contributed by atoms with Crippen LogP contribution in [0.25, 0.3) is 0 Å². The zero-order chi connectivity index (χ0) is 14.5. The highest BCUT2D eigenvalue weighted by molar-refractivity contribution is 7.85. The van der Waals surface area contributed by atoms with Crippen LogP contribution in [0.2, 0.25) is 0 Å². The highest BCUT2D eigenvalue weighted by atomic mass is 32.2. The minimum absolute atomic E-state index is 0.313. The summed E-state index contributed by atoms with van der Waals surface area (Å²) in [5.41, 5.74) is 2.51. The standard InChI is InChI=1S/C12H13NO.CH4O3S/c1-2-7-13-12-6-4-9-3-5-10(14)8-11(9)12;1-5(2,3)4/h1,3,5,8,12-14H,4,6-7H2;1H3,(H,2,3,4)/t12-;/m1./s1. The van der Waals surface area contributed by atoms with Crippen LogP contribution in [-0.4, -0.2) is 30.9 Å². The Labute approximate surface area is 113 Å². The molecule has 1 aliphatic carbocycles. The van der Waals surface area contributed by atoms with Gasteiger partial charge in [-0.1, -0.05) is 12.0 Å². The first-order valence-corrected chi connectivity index (χ1v) is 7.57. The first-order chi connectivity index (χ1) is 8.81. The summed E-state index contributed by atoms with van der Waals surface area (Å²) in [6, 6.07) is 5.87. The Morgan fingerprint density at radius 3 is 2.74 bits per heavy atom. The van der Waals surface area contributed by atoms with Crippen molar-refractivity contribution >= 4 is 10.1 Å². The molecule has 0 fully saturated rings. The molecule has 0 saturated heterocycles. The maximum atomic E-state index is 9.37. The van der Waals surface area contributed by atoms with E-state index in [2.05, 4.69) is 11.2 Å². The van der Waals surface area contributed by atoms with Gasteiger partial charge in [0.25, 0.3) is 10.1 Å². The molecule has 0 bridgehead atoms. The Kier molecular flexibility index (Phi) is 5.36.